The fourth-order valence-corrected chi connectivity index (χ4v) is 3.87. The molecule has 8 heteroatoms. The van der Waals surface area contributed by atoms with E-state index < -0.39 is 5.91 Å². The quantitative estimate of drug-likeness (QED) is 0.764. The lowest BCUT2D eigenvalue weighted by atomic mass is 10.1. The van der Waals surface area contributed by atoms with Crippen LogP contribution < -0.4 is 14.8 Å². The number of thiophene rings is 1. The zero-order valence-corrected chi connectivity index (χ0v) is 17.4. The summed E-state index contributed by atoms with van der Waals surface area (Å²) in [4.78, 5) is 27.6. The van der Waals surface area contributed by atoms with Crippen LogP contribution in [0.3, 0.4) is 0 Å². The molecule has 0 aliphatic heterocycles. The highest BCUT2D eigenvalue weighted by Crippen LogP contribution is 2.34. The van der Waals surface area contributed by atoms with Gasteiger partial charge in [-0.2, -0.15) is 5.26 Å². The van der Waals surface area contributed by atoms with Crippen molar-refractivity contribution in [2.75, 3.05) is 32.6 Å². The molecule has 148 valence electrons. The number of anilines is 1. The van der Waals surface area contributed by atoms with E-state index in [1.807, 2.05) is 13.8 Å². The molecule has 2 aromatic rings. The minimum Gasteiger partial charge on any atom is -0.497 e. The van der Waals surface area contributed by atoms with Crippen molar-refractivity contribution >= 4 is 28.2 Å². The Labute approximate surface area is 168 Å². The van der Waals surface area contributed by atoms with E-state index >= 15 is 0 Å². The molecule has 1 aromatic carbocycles. The lowest BCUT2D eigenvalue weighted by Crippen LogP contribution is -2.30. The summed E-state index contributed by atoms with van der Waals surface area (Å²) in [5, 5.41) is 12.6. The zero-order valence-electron chi connectivity index (χ0n) is 16.6. The van der Waals surface area contributed by atoms with Gasteiger partial charge in [0.05, 0.1) is 30.2 Å². The summed E-state index contributed by atoms with van der Waals surface area (Å²) < 4.78 is 10.4. The first-order valence-electron chi connectivity index (χ1n) is 8.77. The SMILES string of the molecule is CCN(CC)C(=O)c1sc(NC(=O)c2ccc(OC)cc2OC)c(C#N)c1C. The monoisotopic (exact) mass is 401 g/mol. The first-order chi connectivity index (χ1) is 13.4. The first-order valence-corrected chi connectivity index (χ1v) is 9.59. The van der Waals surface area contributed by atoms with E-state index in [9.17, 15) is 14.9 Å². The van der Waals surface area contributed by atoms with Gasteiger partial charge in [-0.05, 0) is 38.5 Å². The number of carbonyl (C=O) groups excluding carboxylic acids is 2. The summed E-state index contributed by atoms with van der Waals surface area (Å²) in [7, 11) is 2.99. The predicted molar refractivity (Wildman–Crippen MR) is 109 cm³/mol. The second-order valence-corrected chi connectivity index (χ2v) is 6.89. The normalized spacial score (nSPS) is 10.1. The zero-order chi connectivity index (χ0) is 20.8. The lowest BCUT2D eigenvalue weighted by Gasteiger charge is -2.17. The summed E-state index contributed by atoms with van der Waals surface area (Å²) in [5.74, 6) is 0.332. The molecular formula is C20H23N3O4S. The van der Waals surface area contributed by atoms with Gasteiger partial charge in [-0.3, -0.25) is 9.59 Å². The number of ether oxygens (including phenoxy) is 2. The largest absolute Gasteiger partial charge is 0.497 e. The Morgan fingerprint density at radius 1 is 1.21 bits per heavy atom. The summed E-state index contributed by atoms with van der Waals surface area (Å²) in [6, 6.07) is 6.93. The molecule has 2 amide bonds. The van der Waals surface area contributed by atoms with Crippen LogP contribution in [0.2, 0.25) is 0 Å². The van der Waals surface area contributed by atoms with Gasteiger partial charge in [0.15, 0.2) is 0 Å². The van der Waals surface area contributed by atoms with Gasteiger partial charge in [0, 0.05) is 19.2 Å². The van der Waals surface area contributed by atoms with Crippen molar-refractivity contribution in [1.29, 1.82) is 5.26 Å². The van der Waals surface area contributed by atoms with Gasteiger partial charge in [0.2, 0.25) is 0 Å². The Balaban J connectivity index is 2.39. The van der Waals surface area contributed by atoms with E-state index in [1.165, 1.54) is 14.2 Å². The number of nitrogens with one attached hydrogen (secondary N) is 1. The van der Waals surface area contributed by atoms with Crippen LogP contribution in [0.15, 0.2) is 18.2 Å². The third-order valence-corrected chi connectivity index (χ3v) is 5.58. The lowest BCUT2D eigenvalue weighted by molar-refractivity contribution is 0.0777. The van der Waals surface area contributed by atoms with Gasteiger partial charge >= 0.3 is 0 Å². The van der Waals surface area contributed by atoms with Crippen molar-refractivity contribution in [3.8, 4) is 17.6 Å². The number of hydrogen-bond donors (Lipinski definition) is 1. The van der Waals surface area contributed by atoms with Crippen LogP contribution in [0.1, 0.15) is 45.0 Å². The highest BCUT2D eigenvalue weighted by molar-refractivity contribution is 7.18. The molecule has 0 unspecified atom stereocenters. The Kier molecular flexibility index (Phi) is 7.01. The number of rotatable bonds is 7. The second-order valence-electron chi connectivity index (χ2n) is 5.87. The van der Waals surface area contributed by atoms with Gasteiger partial charge in [0.25, 0.3) is 11.8 Å². The summed E-state index contributed by atoms with van der Waals surface area (Å²) in [6.45, 7) is 6.65. The molecular weight excluding hydrogens is 378 g/mol. The number of hydrogen-bond acceptors (Lipinski definition) is 6. The molecule has 0 aliphatic rings. The molecule has 0 spiro atoms. The molecule has 1 aromatic heterocycles. The summed E-state index contributed by atoms with van der Waals surface area (Å²) in [5.41, 5.74) is 1.16. The number of benzene rings is 1. The van der Waals surface area contributed by atoms with Gasteiger partial charge in [0.1, 0.15) is 22.6 Å². The summed E-state index contributed by atoms with van der Waals surface area (Å²) >= 11 is 1.11. The van der Waals surface area contributed by atoms with Gasteiger partial charge in [-0.25, -0.2) is 0 Å². The van der Waals surface area contributed by atoms with E-state index in [-0.39, 0.29) is 5.91 Å². The topological polar surface area (TPSA) is 91.7 Å². The fraction of sp³-hybridized carbons (Fsp3) is 0.350. The number of amides is 2. The van der Waals surface area contributed by atoms with Crippen LogP contribution in [0, 0.1) is 18.3 Å². The van der Waals surface area contributed by atoms with Crippen LogP contribution in [0.4, 0.5) is 5.00 Å². The van der Waals surface area contributed by atoms with E-state index in [1.54, 1.807) is 30.0 Å². The Hall–Kier alpha value is -3.05. The van der Waals surface area contributed by atoms with Crippen LogP contribution in [-0.2, 0) is 0 Å². The standard InChI is InChI=1S/C20H23N3O4S/c1-6-23(7-2)20(25)17-12(3)15(11-21)19(28-17)22-18(24)14-9-8-13(26-4)10-16(14)27-5/h8-10H,6-7H2,1-5H3,(H,22,24). The average Bonchev–Trinajstić information content (AvgIpc) is 3.02. The van der Waals surface area contributed by atoms with E-state index in [2.05, 4.69) is 11.4 Å². The maximum absolute atomic E-state index is 12.8. The molecule has 1 heterocycles. The molecule has 1 N–H and O–H groups in total. The second kappa shape index (κ2) is 9.24. The van der Waals surface area contributed by atoms with E-state index in [0.717, 1.165) is 11.3 Å². The van der Waals surface area contributed by atoms with Crippen LogP contribution in [-0.4, -0.2) is 44.0 Å². The number of nitriles is 1. The fourth-order valence-electron chi connectivity index (χ4n) is 2.75. The van der Waals surface area contributed by atoms with Crippen molar-refractivity contribution in [3.63, 3.8) is 0 Å². The minimum absolute atomic E-state index is 0.147. The molecule has 2 rings (SSSR count). The highest BCUT2D eigenvalue weighted by Gasteiger charge is 2.25. The maximum atomic E-state index is 12.8. The summed E-state index contributed by atoms with van der Waals surface area (Å²) in [6.07, 6.45) is 0. The molecule has 0 radical (unpaired) electrons. The van der Waals surface area contributed by atoms with Gasteiger partial charge in [-0.15, -0.1) is 11.3 Å². The Morgan fingerprint density at radius 3 is 2.43 bits per heavy atom. The average molecular weight is 401 g/mol. The number of carbonyl (C=O) groups is 2. The van der Waals surface area contributed by atoms with E-state index in [0.29, 0.717) is 51.2 Å². The van der Waals surface area contributed by atoms with Crippen LogP contribution in [0.25, 0.3) is 0 Å². The van der Waals surface area contributed by atoms with Crippen molar-refractivity contribution in [2.45, 2.75) is 20.8 Å². The molecule has 0 aliphatic carbocycles. The number of nitrogens with zero attached hydrogens (tertiary/aromatic N) is 2. The minimum atomic E-state index is -0.431. The molecule has 0 atom stereocenters. The molecule has 0 saturated carbocycles. The number of methoxy groups -OCH3 is 2. The maximum Gasteiger partial charge on any atom is 0.264 e. The van der Waals surface area contributed by atoms with Crippen molar-refractivity contribution in [1.82, 2.24) is 4.90 Å². The molecule has 7 nitrogen and oxygen atoms in total. The molecule has 0 bridgehead atoms. The smallest absolute Gasteiger partial charge is 0.264 e. The molecule has 28 heavy (non-hydrogen) atoms. The Morgan fingerprint density at radius 2 is 1.89 bits per heavy atom. The third-order valence-electron chi connectivity index (χ3n) is 4.38. The highest BCUT2D eigenvalue weighted by atomic mass is 32.1. The third kappa shape index (κ3) is 4.10. The molecule has 0 saturated heterocycles. The predicted octanol–water partition coefficient (Wildman–Crippen LogP) is 3.68. The van der Waals surface area contributed by atoms with Crippen molar-refractivity contribution in [3.05, 3.63) is 39.8 Å². The van der Waals surface area contributed by atoms with Gasteiger partial charge in [-0.1, -0.05) is 0 Å². The van der Waals surface area contributed by atoms with Crippen molar-refractivity contribution in [2.24, 2.45) is 0 Å². The van der Waals surface area contributed by atoms with Crippen LogP contribution >= 0.6 is 11.3 Å². The Bertz CT molecular complexity index is 926. The van der Waals surface area contributed by atoms with Crippen molar-refractivity contribution < 1.29 is 19.1 Å². The van der Waals surface area contributed by atoms with Gasteiger partial charge < -0.3 is 19.7 Å². The van der Waals surface area contributed by atoms with Crippen LogP contribution in [0.5, 0.6) is 11.5 Å². The molecule has 0 fully saturated rings. The van der Waals surface area contributed by atoms with E-state index in [4.69, 9.17) is 9.47 Å². The first kappa shape index (κ1) is 21.3.